The van der Waals surface area contributed by atoms with Crippen LogP contribution in [0.3, 0.4) is 0 Å². The van der Waals surface area contributed by atoms with Crippen molar-refractivity contribution in [1.82, 2.24) is 9.55 Å². The molecule has 0 saturated carbocycles. The molecule has 1 heterocycles. The zero-order valence-corrected chi connectivity index (χ0v) is 7.74. The number of H-pyrrole nitrogens is 1. The van der Waals surface area contributed by atoms with Gasteiger partial charge in [0.25, 0.3) is 5.56 Å². The number of aromatic amines is 1. The van der Waals surface area contributed by atoms with E-state index in [1.807, 2.05) is 0 Å². The number of allylic oxidation sites excluding steroid dienone is 1. The molecule has 0 aliphatic heterocycles. The number of carbonyl (C=O) groups excluding carboxylic acids is 1. The molecule has 0 amide bonds. The summed E-state index contributed by atoms with van der Waals surface area (Å²) < 4.78 is 1.21. The van der Waals surface area contributed by atoms with Crippen LogP contribution in [-0.4, -0.2) is 15.3 Å². The van der Waals surface area contributed by atoms with E-state index in [1.54, 1.807) is 0 Å². The molecule has 14 heavy (non-hydrogen) atoms. The van der Waals surface area contributed by atoms with E-state index in [9.17, 15) is 14.4 Å². The minimum absolute atomic E-state index is 0.0218. The Morgan fingerprint density at radius 2 is 2.29 bits per heavy atom. The summed E-state index contributed by atoms with van der Waals surface area (Å²) in [6, 6.07) is 0. The number of carbonyl (C=O) groups is 1. The van der Waals surface area contributed by atoms with Crippen LogP contribution < -0.4 is 11.2 Å². The molecular weight excluding hydrogens is 184 g/mol. The zero-order valence-electron chi connectivity index (χ0n) is 7.74. The Bertz CT molecular complexity index is 482. The molecule has 1 aromatic heterocycles. The first-order chi connectivity index (χ1) is 6.56. The average molecular weight is 194 g/mol. The van der Waals surface area contributed by atoms with E-state index in [0.29, 0.717) is 0 Å². The molecule has 5 heteroatoms. The number of aromatic nitrogens is 2. The van der Waals surface area contributed by atoms with Gasteiger partial charge in [-0.05, 0) is 6.92 Å². The fourth-order valence-corrected chi connectivity index (χ4v) is 1.03. The fraction of sp³-hybridized carbons (Fsp3) is 0.222. The summed E-state index contributed by atoms with van der Waals surface area (Å²) in [6.45, 7) is 4.99. The molecular formula is C9H10N2O3. The van der Waals surface area contributed by atoms with E-state index in [4.69, 9.17) is 0 Å². The monoisotopic (exact) mass is 194 g/mol. The lowest BCUT2D eigenvalue weighted by atomic mass is 10.2. The van der Waals surface area contributed by atoms with Gasteiger partial charge in [0.05, 0.1) is 5.56 Å². The highest BCUT2D eigenvalue weighted by molar-refractivity contribution is 5.93. The van der Waals surface area contributed by atoms with Gasteiger partial charge in [-0.25, -0.2) is 4.79 Å². The van der Waals surface area contributed by atoms with Gasteiger partial charge < -0.3 is 0 Å². The summed E-state index contributed by atoms with van der Waals surface area (Å²) >= 11 is 0. The Hall–Kier alpha value is -1.91. The van der Waals surface area contributed by atoms with Crippen LogP contribution in [0.1, 0.15) is 17.3 Å². The number of nitrogens with one attached hydrogen (secondary N) is 1. The summed E-state index contributed by atoms with van der Waals surface area (Å²) in [5, 5.41) is 0. The first kappa shape index (κ1) is 10.2. The third-order valence-electron chi connectivity index (χ3n) is 1.72. The summed E-state index contributed by atoms with van der Waals surface area (Å²) in [7, 11) is 0. The highest BCUT2D eigenvalue weighted by Crippen LogP contribution is 1.89. The van der Waals surface area contributed by atoms with Gasteiger partial charge in [0.15, 0.2) is 5.78 Å². The van der Waals surface area contributed by atoms with Crippen molar-refractivity contribution in [3.05, 3.63) is 45.3 Å². The number of nitrogens with zero attached hydrogens (tertiary/aromatic N) is 1. The molecule has 0 unspecified atom stereocenters. The van der Waals surface area contributed by atoms with Gasteiger partial charge >= 0.3 is 5.69 Å². The molecule has 0 aliphatic rings. The number of ketones is 1. The van der Waals surface area contributed by atoms with Crippen LogP contribution in [0.2, 0.25) is 0 Å². The Morgan fingerprint density at radius 1 is 1.64 bits per heavy atom. The lowest BCUT2D eigenvalue weighted by molar-refractivity contribution is 0.101. The maximum absolute atomic E-state index is 11.2. The molecule has 74 valence electrons. The molecule has 0 saturated heterocycles. The highest BCUT2D eigenvalue weighted by atomic mass is 16.2. The van der Waals surface area contributed by atoms with Crippen LogP contribution in [0.25, 0.3) is 0 Å². The van der Waals surface area contributed by atoms with Gasteiger partial charge in [0.2, 0.25) is 0 Å². The van der Waals surface area contributed by atoms with Crippen molar-refractivity contribution in [3.63, 3.8) is 0 Å². The second-order valence-corrected chi connectivity index (χ2v) is 2.80. The van der Waals surface area contributed by atoms with Gasteiger partial charge in [-0.1, -0.05) is 6.08 Å². The van der Waals surface area contributed by atoms with Crippen LogP contribution >= 0.6 is 0 Å². The van der Waals surface area contributed by atoms with Gasteiger partial charge in [-0.15, -0.1) is 6.58 Å². The van der Waals surface area contributed by atoms with Crippen molar-refractivity contribution in [2.24, 2.45) is 0 Å². The zero-order chi connectivity index (χ0) is 10.7. The molecule has 1 N–H and O–H groups in total. The number of rotatable bonds is 3. The van der Waals surface area contributed by atoms with E-state index in [0.717, 1.165) is 0 Å². The van der Waals surface area contributed by atoms with Crippen LogP contribution in [0.5, 0.6) is 0 Å². The molecule has 0 atom stereocenters. The number of hydrogen-bond donors (Lipinski definition) is 1. The Morgan fingerprint density at radius 3 is 2.79 bits per heavy atom. The number of hydrogen-bond acceptors (Lipinski definition) is 3. The molecule has 1 aromatic rings. The van der Waals surface area contributed by atoms with Gasteiger partial charge in [-0.3, -0.25) is 19.1 Å². The van der Waals surface area contributed by atoms with Gasteiger partial charge in [0.1, 0.15) is 0 Å². The van der Waals surface area contributed by atoms with E-state index >= 15 is 0 Å². The lowest BCUT2D eigenvalue weighted by Crippen LogP contribution is -2.32. The van der Waals surface area contributed by atoms with E-state index in [2.05, 4.69) is 11.6 Å². The molecule has 0 aliphatic carbocycles. The quantitative estimate of drug-likeness (QED) is 0.540. The average Bonchev–Trinajstić information content (AvgIpc) is 2.09. The first-order valence-electron chi connectivity index (χ1n) is 4.02. The standard InChI is InChI=1S/C9H10N2O3/c1-3-4-11-5-7(6(2)12)8(13)10-9(11)14/h3,5H,1,4H2,2H3,(H,10,13,14). The third-order valence-corrected chi connectivity index (χ3v) is 1.72. The molecule has 0 bridgehead atoms. The van der Waals surface area contributed by atoms with Crippen molar-refractivity contribution in [3.8, 4) is 0 Å². The summed E-state index contributed by atoms with van der Waals surface area (Å²) in [5.41, 5.74) is -1.21. The molecule has 0 aromatic carbocycles. The van der Waals surface area contributed by atoms with Crippen LogP contribution in [-0.2, 0) is 6.54 Å². The van der Waals surface area contributed by atoms with Crippen LogP contribution in [0, 0.1) is 0 Å². The molecule has 0 radical (unpaired) electrons. The van der Waals surface area contributed by atoms with Crippen molar-refractivity contribution in [2.75, 3.05) is 0 Å². The highest BCUT2D eigenvalue weighted by Gasteiger charge is 2.07. The van der Waals surface area contributed by atoms with Crippen molar-refractivity contribution in [1.29, 1.82) is 0 Å². The van der Waals surface area contributed by atoms with Crippen molar-refractivity contribution >= 4 is 5.78 Å². The van der Waals surface area contributed by atoms with Crippen molar-refractivity contribution in [2.45, 2.75) is 13.5 Å². The molecule has 0 fully saturated rings. The third kappa shape index (κ3) is 1.87. The summed E-state index contributed by atoms with van der Waals surface area (Å²) in [5.74, 6) is -0.371. The summed E-state index contributed by atoms with van der Waals surface area (Å²) in [6.07, 6.45) is 2.74. The topological polar surface area (TPSA) is 71.9 Å². The Balaban J connectivity index is 3.42. The van der Waals surface area contributed by atoms with Crippen LogP contribution in [0.15, 0.2) is 28.4 Å². The maximum atomic E-state index is 11.2. The molecule has 1 rings (SSSR count). The van der Waals surface area contributed by atoms with E-state index in [1.165, 1.54) is 23.8 Å². The van der Waals surface area contributed by atoms with E-state index in [-0.39, 0.29) is 17.9 Å². The normalized spacial score (nSPS) is 9.79. The smallest absolute Gasteiger partial charge is 0.296 e. The van der Waals surface area contributed by atoms with E-state index < -0.39 is 11.2 Å². The maximum Gasteiger partial charge on any atom is 0.328 e. The Labute approximate surface area is 79.7 Å². The molecule has 5 nitrogen and oxygen atoms in total. The van der Waals surface area contributed by atoms with Crippen molar-refractivity contribution < 1.29 is 4.79 Å². The van der Waals surface area contributed by atoms with Gasteiger partial charge in [-0.2, -0.15) is 0 Å². The minimum atomic E-state index is -0.650. The largest absolute Gasteiger partial charge is 0.328 e. The predicted molar refractivity (Wildman–Crippen MR) is 51.5 cm³/mol. The second-order valence-electron chi connectivity index (χ2n) is 2.80. The predicted octanol–water partition coefficient (Wildman–Crippen LogP) is -0.0748. The summed E-state index contributed by atoms with van der Waals surface area (Å²) in [4.78, 5) is 35.3. The Kier molecular flexibility index (Phi) is 2.81. The molecule has 0 spiro atoms. The number of Topliss-reactive ketones (excluding diaryl/α,β-unsaturated/α-hetero) is 1. The SMILES string of the molecule is C=CCn1cc(C(C)=O)c(=O)[nH]c1=O. The second kappa shape index (κ2) is 3.87. The first-order valence-corrected chi connectivity index (χ1v) is 4.02. The van der Waals surface area contributed by atoms with Gasteiger partial charge in [0, 0.05) is 12.7 Å². The minimum Gasteiger partial charge on any atom is -0.296 e. The van der Waals surface area contributed by atoms with Crippen LogP contribution in [0.4, 0.5) is 0 Å². The fourth-order valence-electron chi connectivity index (χ4n) is 1.03. The lowest BCUT2D eigenvalue weighted by Gasteiger charge is -2.01.